The van der Waals surface area contributed by atoms with Gasteiger partial charge < -0.3 is 0 Å². The first kappa shape index (κ1) is 12.7. The molecule has 1 aromatic carbocycles. The fraction of sp³-hybridized carbons (Fsp3) is 0.500. The van der Waals surface area contributed by atoms with E-state index in [1.807, 2.05) is 13.8 Å². The highest BCUT2D eigenvalue weighted by atomic mass is 16.1. The molecule has 0 atom stereocenters. The zero-order valence-electron chi connectivity index (χ0n) is 10.4. The van der Waals surface area contributed by atoms with E-state index in [1.54, 1.807) is 6.08 Å². The molecule has 86 valence electrons. The maximum atomic E-state index is 10.3. The number of rotatable bonds is 4. The van der Waals surface area contributed by atoms with Crippen molar-refractivity contribution in [3.8, 4) is 0 Å². The highest BCUT2D eigenvalue weighted by Crippen LogP contribution is 2.19. The Morgan fingerprint density at radius 3 is 2.25 bits per heavy atom. The van der Waals surface area contributed by atoms with Gasteiger partial charge in [0.25, 0.3) is 0 Å². The van der Waals surface area contributed by atoms with Crippen LogP contribution in [0.25, 0.3) is 0 Å². The normalized spacial score (nSPS) is 11.3. The molecule has 1 rings (SSSR count). The molecule has 0 radical (unpaired) electrons. The molecule has 1 aromatic rings. The Hall–Kier alpha value is -1.40. The van der Waals surface area contributed by atoms with E-state index in [9.17, 15) is 4.79 Å². The van der Waals surface area contributed by atoms with E-state index < -0.39 is 0 Å². The summed E-state index contributed by atoms with van der Waals surface area (Å²) in [5, 5.41) is 0. The van der Waals surface area contributed by atoms with Gasteiger partial charge in [0.2, 0.25) is 6.08 Å². The lowest BCUT2D eigenvalue weighted by molar-refractivity contribution is 0.501. The summed E-state index contributed by atoms with van der Waals surface area (Å²) in [6, 6.07) is 8.50. The van der Waals surface area contributed by atoms with Gasteiger partial charge in [-0.2, -0.15) is 4.99 Å². The summed E-state index contributed by atoms with van der Waals surface area (Å²) < 4.78 is 0. The van der Waals surface area contributed by atoms with Crippen LogP contribution in [0.15, 0.2) is 29.3 Å². The monoisotopic (exact) mass is 217 g/mol. The van der Waals surface area contributed by atoms with E-state index in [0.717, 1.165) is 6.42 Å². The first-order valence-corrected chi connectivity index (χ1v) is 5.62. The summed E-state index contributed by atoms with van der Waals surface area (Å²) >= 11 is 0. The Labute approximate surface area is 97.4 Å². The minimum Gasteiger partial charge on any atom is -0.211 e. The van der Waals surface area contributed by atoms with E-state index in [-0.39, 0.29) is 5.54 Å². The molecule has 0 saturated heterocycles. The Balaban J connectivity index is 2.79. The van der Waals surface area contributed by atoms with Gasteiger partial charge in [0.05, 0.1) is 5.54 Å². The number of hydrogen-bond donors (Lipinski definition) is 0. The van der Waals surface area contributed by atoms with Gasteiger partial charge in [-0.05, 0) is 37.3 Å². The van der Waals surface area contributed by atoms with Crippen LogP contribution >= 0.6 is 0 Å². The fourth-order valence-corrected chi connectivity index (χ4v) is 1.68. The SMILES string of the molecule is CC(C)c1ccc(CC(C)(C)N=C=O)cc1. The van der Waals surface area contributed by atoms with E-state index in [2.05, 4.69) is 43.1 Å². The summed E-state index contributed by atoms with van der Waals surface area (Å²) in [5.74, 6) is 0.551. The molecule has 0 aliphatic heterocycles. The van der Waals surface area contributed by atoms with E-state index in [1.165, 1.54) is 11.1 Å². The topological polar surface area (TPSA) is 29.4 Å². The second kappa shape index (κ2) is 5.09. The first-order chi connectivity index (χ1) is 7.44. The van der Waals surface area contributed by atoms with Crippen molar-refractivity contribution in [1.82, 2.24) is 0 Å². The number of aliphatic imine (C=N–C) groups is 1. The number of benzene rings is 1. The maximum absolute atomic E-state index is 10.3. The van der Waals surface area contributed by atoms with Gasteiger partial charge >= 0.3 is 0 Å². The van der Waals surface area contributed by atoms with Crippen LogP contribution < -0.4 is 0 Å². The zero-order valence-corrected chi connectivity index (χ0v) is 10.4. The molecule has 0 bridgehead atoms. The molecule has 16 heavy (non-hydrogen) atoms. The van der Waals surface area contributed by atoms with Crippen LogP contribution in [-0.4, -0.2) is 11.6 Å². The van der Waals surface area contributed by atoms with Crippen LogP contribution in [-0.2, 0) is 11.2 Å². The van der Waals surface area contributed by atoms with Crippen molar-refractivity contribution < 1.29 is 4.79 Å². The van der Waals surface area contributed by atoms with E-state index in [4.69, 9.17) is 0 Å². The molecule has 0 aliphatic rings. The Kier molecular flexibility index (Phi) is 4.03. The van der Waals surface area contributed by atoms with Gasteiger partial charge in [-0.25, -0.2) is 4.79 Å². The van der Waals surface area contributed by atoms with Crippen LogP contribution in [0.4, 0.5) is 0 Å². The molecule has 0 fully saturated rings. The second-order valence-corrected chi connectivity index (χ2v) is 5.09. The highest BCUT2D eigenvalue weighted by Gasteiger charge is 2.16. The van der Waals surface area contributed by atoms with Crippen LogP contribution in [0.5, 0.6) is 0 Å². The quantitative estimate of drug-likeness (QED) is 0.561. The maximum Gasteiger partial charge on any atom is 0.235 e. The predicted octanol–water partition coefficient (Wildman–Crippen LogP) is 3.47. The smallest absolute Gasteiger partial charge is 0.211 e. The van der Waals surface area contributed by atoms with Gasteiger partial charge in [-0.1, -0.05) is 38.1 Å². The second-order valence-electron chi connectivity index (χ2n) is 5.09. The Bertz CT molecular complexity index is 384. The minimum atomic E-state index is -0.360. The van der Waals surface area contributed by atoms with Gasteiger partial charge in [-0.15, -0.1) is 0 Å². The average molecular weight is 217 g/mol. The van der Waals surface area contributed by atoms with Gasteiger partial charge in [0.1, 0.15) is 0 Å². The molecule has 0 unspecified atom stereocenters. The molecular weight excluding hydrogens is 198 g/mol. The molecule has 0 heterocycles. The van der Waals surface area contributed by atoms with E-state index >= 15 is 0 Å². The lowest BCUT2D eigenvalue weighted by Crippen LogP contribution is -2.19. The number of hydrogen-bond acceptors (Lipinski definition) is 2. The van der Waals surface area contributed by atoms with Crippen molar-refractivity contribution in [2.45, 2.75) is 45.6 Å². The highest BCUT2D eigenvalue weighted by molar-refractivity contribution is 5.35. The molecule has 2 heteroatoms. The third kappa shape index (κ3) is 3.63. The fourth-order valence-electron chi connectivity index (χ4n) is 1.68. The van der Waals surface area contributed by atoms with Gasteiger partial charge in [-0.3, -0.25) is 0 Å². The van der Waals surface area contributed by atoms with Gasteiger partial charge in [0.15, 0.2) is 0 Å². The zero-order chi connectivity index (χ0) is 12.2. The molecule has 0 amide bonds. The predicted molar refractivity (Wildman–Crippen MR) is 66.4 cm³/mol. The third-order valence-electron chi connectivity index (χ3n) is 2.63. The summed E-state index contributed by atoms with van der Waals surface area (Å²) in [6.45, 7) is 8.23. The lowest BCUT2D eigenvalue weighted by Gasteiger charge is -2.17. The average Bonchev–Trinajstić information content (AvgIpc) is 2.17. The summed E-state index contributed by atoms with van der Waals surface area (Å²) in [6.07, 6.45) is 2.40. The molecule has 0 aliphatic carbocycles. The number of carbonyl (C=O) groups excluding carboxylic acids is 1. The van der Waals surface area contributed by atoms with Crippen LogP contribution in [0, 0.1) is 0 Å². The summed E-state index contributed by atoms with van der Waals surface area (Å²) in [4.78, 5) is 14.1. The Morgan fingerprint density at radius 1 is 1.25 bits per heavy atom. The largest absolute Gasteiger partial charge is 0.235 e. The molecule has 0 spiro atoms. The van der Waals surface area contributed by atoms with Crippen LogP contribution in [0.3, 0.4) is 0 Å². The third-order valence-corrected chi connectivity index (χ3v) is 2.63. The van der Waals surface area contributed by atoms with E-state index in [0.29, 0.717) is 5.92 Å². The first-order valence-electron chi connectivity index (χ1n) is 5.62. The van der Waals surface area contributed by atoms with Crippen molar-refractivity contribution in [1.29, 1.82) is 0 Å². The summed E-state index contributed by atoms with van der Waals surface area (Å²) in [5.41, 5.74) is 2.18. The minimum absolute atomic E-state index is 0.360. The summed E-state index contributed by atoms with van der Waals surface area (Å²) in [7, 11) is 0. The molecule has 0 N–H and O–H groups in total. The standard InChI is InChI=1S/C14H19NO/c1-11(2)13-7-5-12(6-8-13)9-14(3,4)15-10-16/h5-8,11H,9H2,1-4H3. The molecular formula is C14H19NO. The van der Waals surface area contributed by atoms with Crippen LogP contribution in [0.1, 0.15) is 44.7 Å². The number of nitrogens with zero attached hydrogens (tertiary/aromatic N) is 1. The molecule has 0 aromatic heterocycles. The van der Waals surface area contributed by atoms with Crippen molar-refractivity contribution >= 4 is 6.08 Å². The number of isocyanates is 1. The molecule has 2 nitrogen and oxygen atoms in total. The lowest BCUT2D eigenvalue weighted by atomic mass is 9.94. The molecule has 0 saturated carbocycles. The van der Waals surface area contributed by atoms with Gasteiger partial charge in [0, 0.05) is 0 Å². The van der Waals surface area contributed by atoms with Crippen LogP contribution in [0.2, 0.25) is 0 Å². The van der Waals surface area contributed by atoms with Crippen molar-refractivity contribution in [2.24, 2.45) is 4.99 Å². The van der Waals surface area contributed by atoms with Crippen molar-refractivity contribution in [2.75, 3.05) is 0 Å². The Morgan fingerprint density at radius 2 is 1.81 bits per heavy atom. The van der Waals surface area contributed by atoms with Crippen molar-refractivity contribution in [3.63, 3.8) is 0 Å². The van der Waals surface area contributed by atoms with Crippen molar-refractivity contribution in [3.05, 3.63) is 35.4 Å².